The Morgan fingerprint density at radius 3 is 2.90 bits per heavy atom. The summed E-state index contributed by atoms with van der Waals surface area (Å²) in [4.78, 5) is 24.8. The third-order valence-electron chi connectivity index (χ3n) is 3.32. The van der Waals surface area contributed by atoms with Crippen molar-refractivity contribution in [3.63, 3.8) is 0 Å². The molecule has 1 aliphatic rings. The van der Waals surface area contributed by atoms with Crippen LogP contribution in [-0.2, 0) is 20.9 Å². The van der Waals surface area contributed by atoms with Crippen molar-refractivity contribution in [2.24, 2.45) is 0 Å². The van der Waals surface area contributed by atoms with Gasteiger partial charge in [0, 0.05) is 35.1 Å². The number of amides is 1. The number of carbonyl (C=O) groups is 2. The van der Waals surface area contributed by atoms with Gasteiger partial charge in [-0.15, -0.1) is 0 Å². The van der Waals surface area contributed by atoms with E-state index in [2.05, 4.69) is 20.7 Å². The molecule has 0 aromatic heterocycles. The number of nitrogens with zero attached hydrogens (tertiary/aromatic N) is 1. The lowest BCUT2D eigenvalue weighted by molar-refractivity contribution is -0.140. The van der Waals surface area contributed by atoms with Crippen LogP contribution in [0.3, 0.4) is 0 Å². The van der Waals surface area contributed by atoms with Crippen molar-refractivity contribution in [1.82, 2.24) is 4.90 Å². The zero-order valence-corrected chi connectivity index (χ0v) is 13.2. The second-order valence-electron chi connectivity index (χ2n) is 4.73. The van der Waals surface area contributed by atoms with E-state index >= 15 is 0 Å². The van der Waals surface area contributed by atoms with Gasteiger partial charge in [-0.3, -0.25) is 9.59 Å². The Balaban J connectivity index is 1.95. The maximum Gasteiger partial charge on any atom is 0.305 e. The molecular formula is C15H15BrFNO3. The molecule has 1 amide bonds. The van der Waals surface area contributed by atoms with Crippen molar-refractivity contribution < 1.29 is 18.7 Å². The van der Waals surface area contributed by atoms with Gasteiger partial charge in [0.25, 0.3) is 0 Å². The molecule has 0 fully saturated rings. The highest BCUT2D eigenvalue weighted by atomic mass is 79.9. The molecule has 0 saturated heterocycles. The molecule has 0 saturated carbocycles. The largest absolute Gasteiger partial charge is 0.469 e. The number of halogens is 2. The van der Waals surface area contributed by atoms with E-state index in [1.165, 1.54) is 13.2 Å². The second kappa shape index (κ2) is 6.85. The van der Waals surface area contributed by atoms with Crippen LogP contribution < -0.4 is 0 Å². The molecule has 2 rings (SSSR count). The van der Waals surface area contributed by atoms with Crippen molar-refractivity contribution in [3.05, 3.63) is 45.7 Å². The highest BCUT2D eigenvalue weighted by Gasteiger charge is 2.24. The van der Waals surface area contributed by atoms with Gasteiger partial charge in [-0.2, -0.15) is 0 Å². The highest BCUT2D eigenvalue weighted by molar-refractivity contribution is 9.10. The van der Waals surface area contributed by atoms with Gasteiger partial charge in [0.1, 0.15) is 5.82 Å². The quantitative estimate of drug-likeness (QED) is 0.763. The molecule has 0 bridgehead atoms. The van der Waals surface area contributed by atoms with E-state index in [0.717, 1.165) is 0 Å². The fourth-order valence-corrected chi connectivity index (χ4v) is 2.47. The van der Waals surface area contributed by atoms with Crippen LogP contribution in [-0.4, -0.2) is 30.4 Å². The first-order valence-electron chi connectivity index (χ1n) is 6.50. The average Bonchev–Trinajstić information content (AvgIpc) is 2.80. The standard InChI is InChI=1S/C15H15BrFNO3/c1-21-14(19)5-3-10-6-7-18(15(10)20)9-11-2-4-12(16)8-13(11)17/h2,4,6,8H,3,5,7,9H2,1H3. The van der Waals surface area contributed by atoms with Gasteiger partial charge < -0.3 is 9.64 Å². The number of methoxy groups -OCH3 is 1. The zero-order chi connectivity index (χ0) is 15.4. The van der Waals surface area contributed by atoms with Crippen molar-refractivity contribution in [2.45, 2.75) is 19.4 Å². The molecule has 0 atom stereocenters. The first kappa shape index (κ1) is 15.7. The molecule has 0 aliphatic carbocycles. The lowest BCUT2D eigenvalue weighted by atomic mass is 10.1. The van der Waals surface area contributed by atoms with Crippen LogP contribution in [0.1, 0.15) is 18.4 Å². The minimum atomic E-state index is -0.347. The Morgan fingerprint density at radius 2 is 2.24 bits per heavy atom. The molecule has 1 aromatic carbocycles. The molecule has 0 unspecified atom stereocenters. The molecule has 1 aromatic rings. The molecule has 0 spiro atoms. The van der Waals surface area contributed by atoms with Crippen molar-refractivity contribution in [2.75, 3.05) is 13.7 Å². The Kier molecular flexibility index (Phi) is 5.12. The van der Waals surface area contributed by atoms with E-state index in [1.54, 1.807) is 23.1 Å². The predicted octanol–water partition coefficient (Wildman–Crippen LogP) is 2.81. The molecule has 0 N–H and O–H groups in total. The topological polar surface area (TPSA) is 46.6 Å². The van der Waals surface area contributed by atoms with Crippen molar-refractivity contribution in [3.8, 4) is 0 Å². The summed E-state index contributed by atoms with van der Waals surface area (Å²) in [6, 6.07) is 4.77. The van der Waals surface area contributed by atoms with Gasteiger partial charge in [-0.1, -0.05) is 28.1 Å². The predicted molar refractivity (Wildman–Crippen MR) is 78.9 cm³/mol. The highest BCUT2D eigenvalue weighted by Crippen LogP contribution is 2.21. The van der Waals surface area contributed by atoms with E-state index in [1.807, 2.05) is 0 Å². The number of benzene rings is 1. The fraction of sp³-hybridized carbons (Fsp3) is 0.333. The third kappa shape index (κ3) is 3.91. The number of esters is 1. The molecular weight excluding hydrogens is 341 g/mol. The molecule has 112 valence electrons. The van der Waals surface area contributed by atoms with Crippen LogP contribution in [0.5, 0.6) is 0 Å². The molecule has 6 heteroatoms. The summed E-state index contributed by atoms with van der Waals surface area (Å²) in [6.45, 7) is 0.654. The van der Waals surface area contributed by atoms with Gasteiger partial charge in [0.15, 0.2) is 0 Å². The summed E-state index contributed by atoms with van der Waals surface area (Å²) in [5.41, 5.74) is 1.05. The third-order valence-corrected chi connectivity index (χ3v) is 3.82. The van der Waals surface area contributed by atoms with Crippen LogP contribution in [0.15, 0.2) is 34.3 Å². The summed E-state index contributed by atoms with van der Waals surface area (Å²) in [6.07, 6.45) is 2.31. The van der Waals surface area contributed by atoms with E-state index < -0.39 is 0 Å². The Hall–Kier alpha value is -1.69. The minimum absolute atomic E-state index is 0.152. The van der Waals surface area contributed by atoms with Gasteiger partial charge in [0.05, 0.1) is 7.11 Å². The minimum Gasteiger partial charge on any atom is -0.469 e. The SMILES string of the molecule is COC(=O)CCC1=CCN(Cc2ccc(Br)cc2F)C1=O. The van der Waals surface area contributed by atoms with Crippen LogP contribution in [0.4, 0.5) is 4.39 Å². The van der Waals surface area contributed by atoms with Crippen LogP contribution in [0, 0.1) is 5.82 Å². The van der Waals surface area contributed by atoms with Gasteiger partial charge in [-0.25, -0.2) is 4.39 Å². The Labute approximate surface area is 130 Å². The normalized spacial score (nSPS) is 14.3. The molecule has 4 nitrogen and oxygen atoms in total. The Bertz CT molecular complexity index is 601. The van der Waals surface area contributed by atoms with E-state index in [4.69, 9.17) is 0 Å². The lowest BCUT2D eigenvalue weighted by Gasteiger charge is -2.17. The van der Waals surface area contributed by atoms with E-state index in [-0.39, 0.29) is 30.7 Å². The molecule has 1 aliphatic heterocycles. The monoisotopic (exact) mass is 355 g/mol. The van der Waals surface area contributed by atoms with Crippen molar-refractivity contribution >= 4 is 27.8 Å². The summed E-state index contributed by atoms with van der Waals surface area (Å²) in [7, 11) is 1.32. The number of ether oxygens (including phenoxy) is 1. The summed E-state index contributed by atoms with van der Waals surface area (Å²) in [5.74, 6) is -0.845. The average molecular weight is 356 g/mol. The maximum absolute atomic E-state index is 13.8. The lowest BCUT2D eigenvalue weighted by Crippen LogP contribution is -2.27. The van der Waals surface area contributed by atoms with E-state index in [0.29, 0.717) is 28.6 Å². The first-order valence-corrected chi connectivity index (χ1v) is 7.29. The number of carbonyl (C=O) groups excluding carboxylic acids is 2. The van der Waals surface area contributed by atoms with Gasteiger partial charge >= 0.3 is 5.97 Å². The van der Waals surface area contributed by atoms with E-state index in [9.17, 15) is 14.0 Å². The molecule has 21 heavy (non-hydrogen) atoms. The van der Waals surface area contributed by atoms with Crippen LogP contribution in [0.25, 0.3) is 0 Å². The van der Waals surface area contributed by atoms with Crippen molar-refractivity contribution in [1.29, 1.82) is 0 Å². The van der Waals surface area contributed by atoms with Crippen LogP contribution in [0.2, 0.25) is 0 Å². The Morgan fingerprint density at radius 1 is 1.48 bits per heavy atom. The number of hydrogen-bond donors (Lipinski definition) is 0. The molecule has 0 radical (unpaired) electrons. The first-order chi connectivity index (χ1) is 10.0. The van der Waals surface area contributed by atoms with Gasteiger partial charge in [0.2, 0.25) is 5.91 Å². The summed E-state index contributed by atoms with van der Waals surface area (Å²) >= 11 is 3.20. The number of rotatable bonds is 5. The second-order valence-corrected chi connectivity index (χ2v) is 5.64. The number of hydrogen-bond acceptors (Lipinski definition) is 3. The maximum atomic E-state index is 13.8. The van der Waals surface area contributed by atoms with Gasteiger partial charge in [-0.05, 0) is 18.6 Å². The summed E-state index contributed by atoms with van der Waals surface area (Å²) in [5, 5.41) is 0. The zero-order valence-electron chi connectivity index (χ0n) is 11.6. The smallest absolute Gasteiger partial charge is 0.305 e. The summed E-state index contributed by atoms with van der Waals surface area (Å²) < 4.78 is 19.0. The van der Waals surface area contributed by atoms with Crippen LogP contribution >= 0.6 is 15.9 Å². The fourth-order valence-electron chi connectivity index (χ4n) is 2.13. The molecule has 1 heterocycles.